The van der Waals surface area contributed by atoms with Gasteiger partial charge in [0.05, 0.1) is 12.8 Å². The van der Waals surface area contributed by atoms with Crippen LogP contribution in [0.5, 0.6) is 11.5 Å². The third kappa shape index (κ3) is 4.17. The van der Waals surface area contributed by atoms with Crippen LogP contribution < -0.4 is 20.1 Å². The highest BCUT2D eigenvalue weighted by Crippen LogP contribution is 2.33. The molecule has 3 aromatic rings. The Morgan fingerprint density at radius 3 is 2.63 bits per heavy atom. The van der Waals surface area contributed by atoms with E-state index >= 15 is 0 Å². The lowest BCUT2D eigenvalue weighted by Gasteiger charge is -2.20. The molecule has 0 atom stereocenters. The van der Waals surface area contributed by atoms with Crippen LogP contribution in [-0.2, 0) is 11.3 Å². The van der Waals surface area contributed by atoms with Gasteiger partial charge in [0.1, 0.15) is 5.75 Å². The van der Waals surface area contributed by atoms with Gasteiger partial charge in [-0.2, -0.15) is 0 Å². The van der Waals surface area contributed by atoms with E-state index in [1.807, 2.05) is 48.5 Å². The number of ether oxygens (including phenoxy) is 2. The Morgan fingerprint density at radius 1 is 1.07 bits per heavy atom. The van der Waals surface area contributed by atoms with Crippen LogP contribution in [0.4, 0.5) is 5.69 Å². The number of methoxy groups -OCH3 is 1. The van der Waals surface area contributed by atoms with E-state index in [0.717, 1.165) is 11.1 Å². The number of benzene rings is 3. The molecule has 0 aromatic heterocycles. The van der Waals surface area contributed by atoms with Gasteiger partial charge in [-0.25, -0.2) is 0 Å². The molecule has 0 bridgehead atoms. The van der Waals surface area contributed by atoms with Crippen LogP contribution in [0.25, 0.3) is 6.08 Å². The van der Waals surface area contributed by atoms with Crippen LogP contribution in [0.3, 0.4) is 0 Å². The molecular formula is C24H20N2O4. The van der Waals surface area contributed by atoms with Crippen molar-refractivity contribution in [2.75, 3.05) is 12.4 Å². The lowest BCUT2D eigenvalue weighted by molar-refractivity contribution is -0.115. The number of amides is 2. The fraction of sp³-hybridized carbons (Fsp3) is 0.0833. The molecular weight excluding hydrogens is 380 g/mol. The van der Waals surface area contributed by atoms with E-state index in [-0.39, 0.29) is 11.7 Å². The molecule has 0 radical (unpaired) electrons. The van der Waals surface area contributed by atoms with Gasteiger partial charge >= 0.3 is 0 Å². The molecule has 0 fully saturated rings. The number of nitrogens with one attached hydrogen (secondary N) is 2. The summed E-state index contributed by atoms with van der Waals surface area (Å²) in [4.78, 5) is 25.0. The minimum absolute atomic E-state index is 0.147. The molecule has 2 amide bonds. The first-order valence-corrected chi connectivity index (χ1v) is 9.44. The summed E-state index contributed by atoms with van der Waals surface area (Å²) in [6.45, 7) is 0.422. The molecule has 1 aliphatic rings. The van der Waals surface area contributed by atoms with E-state index in [1.54, 1.807) is 37.5 Å². The van der Waals surface area contributed by atoms with Gasteiger partial charge in [-0.05, 0) is 35.9 Å². The molecule has 2 N–H and O–H groups in total. The minimum atomic E-state index is -0.393. The van der Waals surface area contributed by atoms with E-state index in [2.05, 4.69) is 10.6 Å². The molecule has 0 unspecified atom stereocenters. The van der Waals surface area contributed by atoms with Crippen LogP contribution in [0.15, 0.2) is 78.6 Å². The van der Waals surface area contributed by atoms with Gasteiger partial charge in [0.2, 0.25) is 0 Å². The highest BCUT2D eigenvalue weighted by atomic mass is 16.5. The zero-order valence-electron chi connectivity index (χ0n) is 16.3. The van der Waals surface area contributed by atoms with Crippen LogP contribution >= 0.6 is 0 Å². The van der Waals surface area contributed by atoms with Crippen LogP contribution in [0.2, 0.25) is 0 Å². The van der Waals surface area contributed by atoms with E-state index in [0.29, 0.717) is 29.3 Å². The Bertz CT molecular complexity index is 1120. The van der Waals surface area contributed by atoms with Gasteiger partial charge in [-0.1, -0.05) is 48.5 Å². The van der Waals surface area contributed by atoms with Gasteiger partial charge < -0.3 is 20.1 Å². The molecule has 0 aliphatic carbocycles. The average Bonchev–Trinajstić information content (AvgIpc) is 2.78. The normalized spacial score (nSPS) is 13.8. The maximum Gasteiger partial charge on any atom is 0.291 e. The second-order valence-corrected chi connectivity index (χ2v) is 6.69. The average molecular weight is 400 g/mol. The molecule has 4 rings (SSSR count). The smallest absolute Gasteiger partial charge is 0.291 e. The van der Waals surface area contributed by atoms with Gasteiger partial charge in [0.25, 0.3) is 11.8 Å². The Morgan fingerprint density at radius 2 is 1.83 bits per heavy atom. The highest BCUT2D eigenvalue weighted by Gasteiger charge is 2.23. The molecule has 0 saturated carbocycles. The molecule has 1 heterocycles. The summed E-state index contributed by atoms with van der Waals surface area (Å²) in [5.74, 6) is 0.628. The number of carbonyl (C=O) groups excluding carboxylic acids is 2. The third-order valence-electron chi connectivity index (χ3n) is 4.66. The Labute approximate surface area is 174 Å². The number of rotatable bonds is 5. The van der Waals surface area contributed by atoms with Crippen molar-refractivity contribution in [1.29, 1.82) is 0 Å². The second-order valence-electron chi connectivity index (χ2n) is 6.69. The van der Waals surface area contributed by atoms with Crippen LogP contribution in [0.1, 0.15) is 21.5 Å². The Kier molecular flexibility index (Phi) is 5.48. The predicted molar refractivity (Wildman–Crippen MR) is 114 cm³/mol. The van der Waals surface area contributed by atoms with Crippen molar-refractivity contribution < 1.29 is 19.1 Å². The fourth-order valence-electron chi connectivity index (χ4n) is 3.11. The van der Waals surface area contributed by atoms with Crippen molar-refractivity contribution in [3.05, 3.63) is 95.2 Å². The van der Waals surface area contributed by atoms with Crippen molar-refractivity contribution in [3.8, 4) is 11.5 Å². The monoisotopic (exact) mass is 400 g/mol. The maximum atomic E-state index is 12.5. The summed E-state index contributed by atoms with van der Waals surface area (Å²) in [6.07, 6.45) is 1.62. The summed E-state index contributed by atoms with van der Waals surface area (Å²) in [7, 11) is 1.57. The number of hydrogen-bond donors (Lipinski definition) is 2. The number of anilines is 1. The first-order chi connectivity index (χ1) is 14.6. The van der Waals surface area contributed by atoms with E-state index < -0.39 is 5.91 Å². The lowest BCUT2D eigenvalue weighted by atomic mass is 10.1. The van der Waals surface area contributed by atoms with Gasteiger partial charge in [-0.3, -0.25) is 9.59 Å². The highest BCUT2D eigenvalue weighted by molar-refractivity contribution is 6.09. The largest absolute Gasteiger partial charge is 0.496 e. The van der Waals surface area contributed by atoms with E-state index in [9.17, 15) is 9.59 Å². The quantitative estimate of drug-likeness (QED) is 0.635. The first-order valence-electron chi connectivity index (χ1n) is 9.44. The molecule has 6 heteroatoms. The summed E-state index contributed by atoms with van der Waals surface area (Å²) >= 11 is 0. The summed E-state index contributed by atoms with van der Waals surface area (Å²) in [5, 5.41) is 5.65. The van der Waals surface area contributed by atoms with Gasteiger partial charge in [0, 0.05) is 17.7 Å². The molecule has 0 spiro atoms. The van der Waals surface area contributed by atoms with E-state index in [1.165, 1.54) is 0 Å². The van der Waals surface area contributed by atoms with Crippen molar-refractivity contribution in [3.63, 3.8) is 0 Å². The summed E-state index contributed by atoms with van der Waals surface area (Å²) in [6, 6.07) is 21.9. The third-order valence-corrected chi connectivity index (χ3v) is 4.66. The zero-order chi connectivity index (χ0) is 20.9. The number of carbonyl (C=O) groups is 2. The lowest BCUT2D eigenvalue weighted by Crippen LogP contribution is -2.25. The fourth-order valence-corrected chi connectivity index (χ4v) is 3.11. The molecule has 3 aromatic carbocycles. The number of para-hydroxylation sites is 1. The number of hydrogen-bond acceptors (Lipinski definition) is 4. The minimum Gasteiger partial charge on any atom is -0.496 e. The standard InChI is InChI=1S/C24H20N2O4/c1-29-20-10-6-5-9-17(20)14-22-24(28)26-19-13-18(11-12-21(19)30-22)23(27)25-15-16-7-3-2-4-8-16/h2-14H,15H2,1H3,(H,25,27)(H,26,28). The van der Waals surface area contributed by atoms with Crippen LogP contribution in [-0.4, -0.2) is 18.9 Å². The van der Waals surface area contributed by atoms with Crippen molar-refractivity contribution in [2.45, 2.75) is 6.54 Å². The zero-order valence-corrected chi connectivity index (χ0v) is 16.3. The molecule has 1 aliphatic heterocycles. The summed E-state index contributed by atoms with van der Waals surface area (Å²) < 4.78 is 11.1. The van der Waals surface area contributed by atoms with E-state index in [4.69, 9.17) is 9.47 Å². The Hall–Kier alpha value is -4.06. The SMILES string of the molecule is COc1ccccc1C=C1Oc2ccc(C(=O)NCc3ccccc3)cc2NC1=O. The van der Waals surface area contributed by atoms with Crippen molar-refractivity contribution >= 4 is 23.6 Å². The predicted octanol–water partition coefficient (Wildman–Crippen LogP) is 4.00. The van der Waals surface area contributed by atoms with Crippen molar-refractivity contribution in [2.24, 2.45) is 0 Å². The molecule has 30 heavy (non-hydrogen) atoms. The van der Waals surface area contributed by atoms with Crippen LogP contribution in [0, 0.1) is 0 Å². The molecule has 0 saturated heterocycles. The second kappa shape index (κ2) is 8.53. The summed E-state index contributed by atoms with van der Waals surface area (Å²) in [5.41, 5.74) is 2.62. The molecule has 6 nitrogen and oxygen atoms in total. The van der Waals surface area contributed by atoms with Gasteiger partial charge in [-0.15, -0.1) is 0 Å². The maximum absolute atomic E-state index is 12.5. The Balaban J connectivity index is 1.51. The first kappa shape index (κ1) is 19.3. The topological polar surface area (TPSA) is 76.7 Å². The number of fused-ring (bicyclic) bond motifs is 1. The van der Waals surface area contributed by atoms with Crippen molar-refractivity contribution in [1.82, 2.24) is 5.32 Å². The van der Waals surface area contributed by atoms with Gasteiger partial charge in [0.15, 0.2) is 11.5 Å². The molecule has 150 valence electrons.